The summed E-state index contributed by atoms with van der Waals surface area (Å²) in [6.07, 6.45) is 0.0292. The minimum absolute atomic E-state index is 0.000111. The molecule has 0 radical (unpaired) electrons. The van der Waals surface area contributed by atoms with E-state index in [1.165, 1.54) is 0 Å². The predicted octanol–water partition coefficient (Wildman–Crippen LogP) is -0.0461. The van der Waals surface area contributed by atoms with Crippen LogP contribution in [-0.2, 0) is 14.4 Å². The zero-order chi connectivity index (χ0) is 13.2. The van der Waals surface area contributed by atoms with Gasteiger partial charge in [0.15, 0.2) is 0 Å². The minimum Gasteiger partial charge on any atom is -0.480 e. The summed E-state index contributed by atoms with van der Waals surface area (Å²) in [4.78, 5) is 33.9. The number of Topliss-reactive ketones (excluding diaryl/α,β-unsaturated/α-hetero) is 1. The molecule has 1 aliphatic carbocycles. The van der Waals surface area contributed by atoms with Gasteiger partial charge in [-0.3, -0.25) is 14.4 Å². The summed E-state index contributed by atoms with van der Waals surface area (Å²) >= 11 is 1.04. The van der Waals surface area contributed by atoms with Crippen LogP contribution in [0.5, 0.6) is 0 Å². The number of carbonyl (C=O) groups excluding carboxylic acids is 1. The van der Waals surface area contributed by atoms with E-state index in [-0.39, 0.29) is 18.6 Å². The second-order valence-corrected chi connectivity index (χ2v) is 5.42. The highest BCUT2D eigenvalue weighted by Gasteiger charge is 2.56. The molecule has 0 bridgehead atoms. The Balaban J connectivity index is 3.09. The number of carboxylic acid groups (broad SMARTS) is 2. The molecule has 0 amide bonds. The summed E-state index contributed by atoms with van der Waals surface area (Å²) < 4.78 is 0. The summed E-state index contributed by atoms with van der Waals surface area (Å²) in [5.74, 6) is -3.54. The maximum atomic E-state index is 11.7. The van der Waals surface area contributed by atoms with Crippen LogP contribution in [0.1, 0.15) is 19.8 Å². The molecule has 0 saturated heterocycles. The van der Waals surface area contributed by atoms with E-state index in [2.05, 4.69) is 0 Å². The van der Waals surface area contributed by atoms with Crippen molar-refractivity contribution in [2.24, 2.45) is 11.7 Å². The molecule has 1 aliphatic rings. The molecule has 6 nitrogen and oxygen atoms in total. The third-order valence-electron chi connectivity index (χ3n) is 2.98. The van der Waals surface area contributed by atoms with Crippen LogP contribution in [0.4, 0.5) is 0 Å². The number of carboxylic acids is 2. The lowest BCUT2D eigenvalue weighted by atomic mass is 9.85. The van der Waals surface area contributed by atoms with E-state index in [1.807, 2.05) is 0 Å². The Morgan fingerprint density at radius 2 is 2.18 bits per heavy atom. The highest BCUT2D eigenvalue weighted by molar-refractivity contribution is 8.00. The number of rotatable bonds is 5. The van der Waals surface area contributed by atoms with E-state index in [0.29, 0.717) is 5.75 Å². The van der Waals surface area contributed by atoms with Crippen LogP contribution in [0.3, 0.4) is 0 Å². The van der Waals surface area contributed by atoms with Gasteiger partial charge in [-0.15, -0.1) is 11.8 Å². The molecule has 4 N–H and O–H groups in total. The van der Waals surface area contributed by atoms with Crippen LogP contribution in [0.25, 0.3) is 0 Å². The monoisotopic (exact) mass is 261 g/mol. The third-order valence-corrected chi connectivity index (χ3v) is 4.14. The lowest BCUT2D eigenvalue weighted by molar-refractivity contribution is -0.148. The lowest BCUT2D eigenvalue weighted by Gasteiger charge is -2.29. The van der Waals surface area contributed by atoms with Gasteiger partial charge in [0.1, 0.15) is 16.6 Å². The Kier molecular flexibility index (Phi) is 4.16. The van der Waals surface area contributed by atoms with Crippen LogP contribution in [0.15, 0.2) is 0 Å². The van der Waals surface area contributed by atoms with Crippen LogP contribution in [-0.4, -0.2) is 44.5 Å². The Morgan fingerprint density at radius 3 is 2.59 bits per heavy atom. The maximum absolute atomic E-state index is 11.7. The van der Waals surface area contributed by atoms with Gasteiger partial charge in [0.05, 0.1) is 5.92 Å². The average Bonchev–Trinajstić information content (AvgIpc) is 2.53. The number of ketones is 1. The third kappa shape index (κ3) is 2.44. The van der Waals surface area contributed by atoms with Gasteiger partial charge in [-0.2, -0.15) is 0 Å². The van der Waals surface area contributed by atoms with Crippen molar-refractivity contribution in [1.29, 1.82) is 0 Å². The van der Waals surface area contributed by atoms with E-state index in [9.17, 15) is 14.4 Å². The fraction of sp³-hybridized carbons (Fsp3) is 0.700. The van der Waals surface area contributed by atoms with Crippen LogP contribution in [0.2, 0.25) is 0 Å². The molecule has 0 spiro atoms. The molecule has 0 aliphatic heterocycles. The second-order valence-electron chi connectivity index (χ2n) is 4.00. The molecular formula is C10H15NO5S. The number of aliphatic carboxylic acids is 2. The van der Waals surface area contributed by atoms with Crippen molar-refractivity contribution in [1.82, 2.24) is 0 Å². The van der Waals surface area contributed by atoms with Crippen molar-refractivity contribution in [2.75, 3.05) is 5.75 Å². The molecule has 0 aromatic carbocycles. The topological polar surface area (TPSA) is 118 Å². The molecule has 96 valence electrons. The highest BCUT2D eigenvalue weighted by atomic mass is 32.2. The van der Waals surface area contributed by atoms with Gasteiger partial charge in [-0.1, -0.05) is 6.92 Å². The number of nitrogens with two attached hydrogens (primary N) is 1. The van der Waals surface area contributed by atoms with Gasteiger partial charge < -0.3 is 15.9 Å². The van der Waals surface area contributed by atoms with Crippen LogP contribution in [0, 0.1) is 5.92 Å². The first kappa shape index (κ1) is 14.0. The summed E-state index contributed by atoms with van der Waals surface area (Å²) in [6, 6.07) is 0. The molecule has 0 aromatic rings. The van der Waals surface area contributed by atoms with Crippen molar-refractivity contribution in [2.45, 2.75) is 30.6 Å². The number of hydrogen-bond acceptors (Lipinski definition) is 5. The smallest absolute Gasteiger partial charge is 0.324 e. The van der Waals surface area contributed by atoms with Crippen LogP contribution < -0.4 is 5.73 Å². The first-order valence-corrected chi connectivity index (χ1v) is 6.28. The Labute approximate surface area is 103 Å². The Morgan fingerprint density at radius 1 is 1.59 bits per heavy atom. The summed E-state index contributed by atoms with van der Waals surface area (Å²) in [5.41, 5.74) is 3.96. The zero-order valence-corrected chi connectivity index (χ0v) is 10.2. The van der Waals surface area contributed by atoms with E-state index in [4.69, 9.17) is 15.9 Å². The normalized spacial score (nSPS) is 30.2. The van der Waals surface area contributed by atoms with E-state index < -0.39 is 28.6 Å². The molecule has 1 saturated carbocycles. The maximum Gasteiger partial charge on any atom is 0.324 e. The highest BCUT2D eigenvalue weighted by Crippen LogP contribution is 2.38. The molecular weight excluding hydrogens is 246 g/mol. The van der Waals surface area contributed by atoms with E-state index in [0.717, 1.165) is 11.8 Å². The standard InChI is InChI=1S/C10H15NO5S/c1-2-17-7(8(13)14)6-5(12)3-4-10(6,11)9(15)16/h6-7H,2-4,11H2,1H3,(H,13,14)(H,15,16). The largest absolute Gasteiger partial charge is 0.480 e. The molecule has 1 rings (SSSR count). The van der Waals surface area contributed by atoms with Gasteiger partial charge in [-0.05, 0) is 12.2 Å². The van der Waals surface area contributed by atoms with Gasteiger partial charge in [0.2, 0.25) is 0 Å². The Hall–Kier alpha value is -1.08. The number of carbonyl (C=O) groups is 3. The lowest BCUT2D eigenvalue weighted by Crippen LogP contribution is -2.56. The summed E-state index contributed by atoms with van der Waals surface area (Å²) in [6.45, 7) is 1.75. The van der Waals surface area contributed by atoms with Crippen molar-refractivity contribution in [3.63, 3.8) is 0 Å². The van der Waals surface area contributed by atoms with E-state index >= 15 is 0 Å². The van der Waals surface area contributed by atoms with Crippen molar-refractivity contribution >= 4 is 29.5 Å². The van der Waals surface area contributed by atoms with Crippen molar-refractivity contribution < 1.29 is 24.6 Å². The fourth-order valence-electron chi connectivity index (χ4n) is 2.10. The molecule has 0 aromatic heterocycles. The summed E-state index contributed by atoms with van der Waals surface area (Å²) in [5, 5.41) is 17.1. The van der Waals surface area contributed by atoms with Crippen LogP contribution >= 0.6 is 11.8 Å². The first-order valence-electron chi connectivity index (χ1n) is 5.24. The fourth-order valence-corrected chi connectivity index (χ4v) is 3.19. The molecule has 0 heterocycles. The van der Waals surface area contributed by atoms with Gasteiger partial charge in [0, 0.05) is 6.42 Å². The number of hydrogen-bond donors (Lipinski definition) is 3. The Bertz CT molecular complexity index is 359. The number of thioether (sulfide) groups is 1. The second kappa shape index (κ2) is 5.05. The van der Waals surface area contributed by atoms with Gasteiger partial charge >= 0.3 is 11.9 Å². The van der Waals surface area contributed by atoms with E-state index in [1.54, 1.807) is 6.92 Å². The minimum atomic E-state index is -1.75. The molecule has 3 unspecified atom stereocenters. The predicted molar refractivity (Wildman–Crippen MR) is 61.8 cm³/mol. The molecule has 3 atom stereocenters. The first-order chi connectivity index (χ1) is 7.84. The van der Waals surface area contributed by atoms with Crippen molar-refractivity contribution in [3.8, 4) is 0 Å². The average molecular weight is 261 g/mol. The molecule has 17 heavy (non-hydrogen) atoms. The zero-order valence-electron chi connectivity index (χ0n) is 9.38. The summed E-state index contributed by atoms with van der Waals surface area (Å²) in [7, 11) is 0. The van der Waals surface area contributed by atoms with Gasteiger partial charge in [-0.25, -0.2) is 0 Å². The quantitative estimate of drug-likeness (QED) is 0.635. The van der Waals surface area contributed by atoms with Crippen molar-refractivity contribution in [3.05, 3.63) is 0 Å². The molecule has 1 fully saturated rings. The van der Waals surface area contributed by atoms with Gasteiger partial charge in [0.25, 0.3) is 0 Å². The SMILES string of the molecule is CCSC(C(=O)O)C1C(=O)CCC1(N)C(=O)O. The molecule has 7 heteroatoms.